The van der Waals surface area contributed by atoms with Crippen molar-refractivity contribution in [2.24, 2.45) is 5.92 Å². The third-order valence-corrected chi connectivity index (χ3v) is 7.17. The van der Waals surface area contributed by atoms with Crippen LogP contribution in [0.1, 0.15) is 30.5 Å². The van der Waals surface area contributed by atoms with Gasteiger partial charge in [-0.15, -0.1) is 0 Å². The lowest BCUT2D eigenvalue weighted by Crippen LogP contribution is -2.52. The van der Waals surface area contributed by atoms with Gasteiger partial charge in [-0.25, -0.2) is 14.4 Å². The predicted octanol–water partition coefficient (Wildman–Crippen LogP) is 5.27. The minimum Gasteiger partial charge on any atom is -0.497 e. The number of hydrogen-bond donors (Lipinski definition) is 2. The second-order valence-corrected chi connectivity index (χ2v) is 11.2. The van der Waals surface area contributed by atoms with Crippen molar-refractivity contribution >= 4 is 28.7 Å². The van der Waals surface area contributed by atoms with Crippen molar-refractivity contribution in [3.05, 3.63) is 114 Å². The average molecular weight is 613 g/mol. The molecule has 236 valence electrons. The van der Waals surface area contributed by atoms with Crippen LogP contribution in [0.2, 0.25) is 0 Å². The second kappa shape index (κ2) is 16.3. The highest BCUT2D eigenvalue weighted by molar-refractivity contribution is 5.89. The van der Waals surface area contributed by atoms with E-state index in [0.29, 0.717) is 5.75 Å². The van der Waals surface area contributed by atoms with Crippen LogP contribution < -0.4 is 10.1 Å². The minimum absolute atomic E-state index is 0.000649. The Hall–Kier alpha value is -4.89. The maximum absolute atomic E-state index is 13.7. The molecule has 0 bridgehead atoms. The van der Waals surface area contributed by atoms with E-state index in [9.17, 15) is 19.5 Å². The lowest BCUT2D eigenvalue weighted by molar-refractivity contribution is -0.155. The number of carbonyl (C=O) groups is 3. The molecule has 9 heteroatoms. The number of nitrogens with one attached hydrogen (secondary N) is 1. The van der Waals surface area contributed by atoms with Crippen LogP contribution in [0.3, 0.4) is 0 Å². The molecule has 0 fully saturated rings. The molecule has 2 atom stereocenters. The van der Waals surface area contributed by atoms with Gasteiger partial charge in [0, 0.05) is 13.0 Å². The van der Waals surface area contributed by atoms with Crippen LogP contribution in [-0.2, 0) is 38.7 Å². The number of rotatable bonds is 14. The van der Waals surface area contributed by atoms with E-state index < -0.39 is 30.1 Å². The van der Waals surface area contributed by atoms with E-state index in [2.05, 4.69) is 5.32 Å². The average Bonchev–Trinajstić information content (AvgIpc) is 3.05. The number of ether oxygens (including phenoxy) is 3. The molecule has 0 saturated heterocycles. The molecule has 2 N–H and O–H groups in total. The van der Waals surface area contributed by atoms with Crippen LogP contribution in [0.15, 0.2) is 97.1 Å². The first-order valence-electron chi connectivity index (χ1n) is 14.9. The number of fused-ring (bicyclic) bond motifs is 1. The predicted molar refractivity (Wildman–Crippen MR) is 171 cm³/mol. The third kappa shape index (κ3) is 9.81. The summed E-state index contributed by atoms with van der Waals surface area (Å²) < 4.78 is 16.3. The zero-order valence-electron chi connectivity index (χ0n) is 25.8. The number of carbonyl (C=O) groups excluding carboxylic acids is 3. The largest absolute Gasteiger partial charge is 0.497 e. The Morgan fingerprint density at radius 2 is 1.40 bits per heavy atom. The highest BCUT2D eigenvalue weighted by Crippen LogP contribution is 2.25. The number of methoxy groups -OCH3 is 1. The molecule has 4 aromatic rings. The number of amides is 2. The summed E-state index contributed by atoms with van der Waals surface area (Å²) in [5, 5.41) is 15.3. The standard InChI is InChI=1S/C36H40N2O7/c1-25(2)21-38(22-33(39)35(41)45-24-27-13-8-5-9-14-27)36(42)37-32(34(40)44-23-26-11-6-4-7-12-26)20-29-16-10-15-28-19-30(43-3)17-18-31(28)29/h4-19,25,32-33,39H,20-24H2,1-3H3,(H,37,42)/t32-,33-/m0/s1. The van der Waals surface area contributed by atoms with Gasteiger partial charge in [0.15, 0.2) is 6.10 Å². The Labute approximate surface area is 263 Å². The molecule has 0 aliphatic carbocycles. The fourth-order valence-corrected chi connectivity index (χ4v) is 4.91. The number of esters is 2. The molecular formula is C36H40N2O7. The van der Waals surface area contributed by atoms with Crippen LogP contribution in [0.5, 0.6) is 5.75 Å². The molecule has 0 spiro atoms. The number of aliphatic hydroxyl groups is 1. The molecule has 0 aliphatic heterocycles. The van der Waals surface area contributed by atoms with Gasteiger partial charge in [-0.2, -0.15) is 0 Å². The minimum atomic E-state index is -1.57. The van der Waals surface area contributed by atoms with E-state index >= 15 is 0 Å². The highest BCUT2D eigenvalue weighted by Gasteiger charge is 2.29. The first-order valence-corrected chi connectivity index (χ1v) is 14.9. The van der Waals surface area contributed by atoms with Crippen molar-refractivity contribution in [1.29, 1.82) is 0 Å². The Kier molecular flexibility index (Phi) is 11.9. The van der Waals surface area contributed by atoms with Crippen molar-refractivity contribution in [2.75, 3.05) is 20.2 Å². The molecule has 45 heavy (non-hydrogen) atoms. The SMILES string of the molecule is COc1ccc2c(C[C@H](NC(=O)N(CC(C)C)C[C@H](O)C(=O)OCc3ccccc3)C(=O)OCc3ccccc3)cccc2c1. The van der Waals surface area contributed by atoms with Gasteiger partial charge in [-0.1, -0.05) is 98.8 Å². The lowest BCUT2D eigenvalue weighted by Gasteiger charge is -2.28. The molecule has 2 amide bonds. The van der Waals surface area contributed by atoms with Gasteiger partial charge in [-0.05, 0) is 45.5 Å². The van der Waals surface area contributed by atoms with Gasteiger partial charge in [0.2, 0.25) is 0 Å². The maximum Gasteiger partial charge on any atom is 0.337 e. The fraction of sp³-hybridized carbons (Fsp3) is 0.306. The first kappa shape index (κ1) is 33.0. The molecule has 9 nitrogen and oxygen atoms in total. The Bertz CT molecular complexity index is 1560. The van der Waals surface area contributed by atoms with Gasteiger partial charge >= 0.3 is 18.0 Å². The van der Waals surface area contributed by atoms with Crippen molar-refractivity contribution in [2.45, 2.75) is 45.6 Å². The molecule has 0 saturated carbocycles. The van der Waals surface area contributed by atoms with Crippen molar-refractivity contribution in [1.82, 2.24) is 10.2 Å². The van der Waals surface area contributed by atoms with Gasteiger partial charge in [0.05, 0.1) is 13.7 Å². The Morgan fingerprint density at radius 3 is 2.00 bits per heavy atom. The molecule has 0 aromatic heterocycles. The summed E-state index contributed by atoms with van der Waals surface area (Å²) in [6.07, 6.45) is -1.42. The zero-order valence-corrected chi connectivity index (χ0v) is 25.8. The van der Waals surface area contributed by atoms with Gasteiger partial charge in [0.25, 0.3) is 0 Å². The summed E-state index contributed by atoms with van der Waals surface area (Å²) in [5.74, 6) is -0.729. The number of nitrogens with zero attached hydrogens (tertiary/aromatic N) is 1. The molecule has 0 heterocycles. The summed E-state index contributed by atoms with van der Waals surface area (Å²) in [7, 11) is 1.60. The Morgan fingerprint density at radius 1 is 0.778 bits per heavy atom. The first-order chi connectivity index (χ1) is 21.7. The number of aliphatic hydroxyl groups excluding tert-OH is 1. The number of benzene rings is 4. The summed E-state index contributed by atoms with van der Waals surface area (Å²) in [6.45, 7) is 3.79. The quantitative estimate of drug-likeness (QED) is 0.186. The highest BCUT2D eigenvalue weighted by atomic mass is 16.5. The molecular weight excluding hydrogens is 572 g/mol. The number of urea groups is 1. The molecule has 4 rings (SSSR count). The smallest absolute Gasteiger partial charge is 0.337 e. The Balaban J connectivity index is 1.51. The fourth-order valence-electron chi connectivity index (χ4n) is 4.91. The van der Waals surface area contributed by atoms with Gasteiger partial charge in [-0.3, -0.25) is 0 Å². The van der Waals surface area contributed by atoms with Crippen molar-refractivity contribution in [3.8, 4) is 5.75 Å². The molecule has 0 radical (unpaired) electrons. The van der Waals surface area contributed by atoms with E-state index in [1.807, 2.05) is 111 Å². The van der Waals surface area contributed by atoms with Crippen LogP contribution in [-0.4, -0.2) is 60.3 Å². The summed E-state index contributed by atoms with van der Waals surface area (Å²) in [4.78, 5) is 41.1. The van der Waals surface area contributed by atoms with Gasteiger partial charge in [0.1, 0.15) is 25.0 Å². The van der Waals surface area contributed by atoms with Crippen molar-refractivity contribution < 1.29 is 33.7 Å². The van der Waals surface area contributed by atoms with E-state index in [1.165, 1.54) is 4.90 Å². The van der Waals surface area contributed by atoms with E-state index in [0.717, 1.165) is 27.5 Å². The van der Waals surface area contributed by atoms with E-state index in [1.54, 1.807) is 7.11 Å². The van der Waals surface area contributed by atoms with Crippen LogP contribution in [0.25, 0.3) is 10.8 Å². The zero-order chi connectivity index (χ0) is 32.2. The summed E-state index contributed by atoms with van der Waals surface area (Å²) >= 11 is 0. The van der Waals surface area contributed by atoms with Crippen LogP contribution >= 0.6 is 0 Å². The van der Waals surface area contributed by atoms with E-state index in [4.69, 9.17) is 14.2 Å². The van der Waals surface area contributed by atoms with E-state index in [-0.39, 0.29) is 38.6 Å². The van der Waals surface area contributed by atoms with Crippen molar-refractivity contribution in [3.63, 3.8) is 0 Å². The molecule has 0 unspecified atom stereocenters. The summed E-state index contributed by atoms with van der Waals surface area (Å²) in [5.41, 5.74) is 2.42. The van der Waals surface area contributed by atoms with Gasteiger partial charge < -0.3 is 29.5 Å². The number of hydrogen-bond acceptors (Lipinski definition) is 7. The monoisotopic (exact) mass is 612 g/mol. The normalized spacial score (nSPS) is 12.3. The van der Waals surface area contributed by atoms with Crippen LogP contribution in [0, 0.1) is 5.92 Å². The lowest BCUT2D eigenvalue weighted by atomic mass is 9.98. The van der Waals surface area contributed by atoms with Crippen LogP contribution in [0.4, 0.5) is 4.79 Å². The second-order valence-electron chi connectivity index (χ2n) is 11.2. The maximum atomic E-state index is 13.7. The summed E-state index contributed by atoms with van der Waals surface area (Å²) in [6, 6.07) is 28.1. The molecule has 0 aliphatic rings. The molecule has 4 aromatic carbocycles. The third-order valence-electron chi connectivity index (χ3n) is 7.17. The topological polar surface area (TPSA) is 114 Å².